The van der Waals surface area contributed by atoms with E-state index in [1.165, 1.54) is 4.31 Å². The maximum absolute atomic E-state index is 12.2. The lowest BCUT2D eigenvalue weighted by Crippen LogP contribution is -2.28. The summed E-state index contributed by atoms with van der Waals surface area (Å²) in [7, 11) is 0. The molecule has 0 saturated carbocycles. The summed E-state index contributed by atoms with van der Waals surface area (Å²) in [5.74, 6) is 0.409. The van der Waals surface area contributed by atoms with Crippen molar-refractivity contribution in [3.63, 3.8) is 0 Å². The SMILES string of the molecule is CCCCCN(S)C(=O)Nc1ccc2ncc(-c3ccn(C(C)C)n3)nc2n1. The predicted octanol–water partition coefficient (Wildman–Crippen LogP) is 4.34. The third-order valence-electron chi connectivity index (χ3n) is 4.25. The molecule has 2 amide bonds. The van der Waals surface area contributed by atoms with Crippen molar-refractivity contribution in [1.29, 1.82) is 0 Å². The highest BCUT2D eigenvalue weighted by Gasteiger charge is 2.12. The van der Waals surface area contributed by atoms with Crippen molar-refractivity contribution < 1.29 is 4.79 Å². The Bertz CT molecular complexity index is 956. The van der Waals surface area contributed by atoms with Crippen LogP contribution in [0.2, 0.25) is 0 Å². The van der Waals surface area contributed by atoms with Crippen molar-refractivity contribution in [2.24, 2.45) is 0 Å². The second-order valence-corrected chi connectivity index (χ2v) is 7.31. The quantitative estimate of drug-likeness (QED) is 0.456. The van der Waals surface area contributed by atoms with Gasteiger partial charge in [-0.2, -0.15) is 5.10 Å². The van der Waals surface area contributed by atoms with Gasteiger partial charge in [-0.3, -0.25) is 19.3 Å². The molecule has 0 bridgehead atoms. The molecular formula is C19H25N7OS. The van der Waals surface area contributed by atoms with Crippen molar-refractivity contribution in [2.45, 2.75) is 46.1 Å². The number of unbranched alkanes of at least 4 members (excludes halogenated alkanes) is 2. The summed E-state index contributed by atoms with van der Waals surface area (Å²) in [6.07, 6.45) is 6.65. The molecule has 0 aliphatic carbocycles. The van der Waals surface area contributed by atoms with Gasteiger partial charge >= 0.3 is 6.03 Å². The summed E-state index contributed by atoms with van der Waals surface area (Å²) in [5.41, 5.74) is 2.47. The molecule has 0 radical (unpaired) electrons. The van der Waals surface area contributed by atoms with Gasteiger partial charge in [0.2, 0.25) is 0 Å². The van der Waals surface area contributed by atoms with E-state index in [1.54, 1.807) is 18.3 Å². The smallest absolute Gasteiger partial charge is 0.291 e. The number of urea groups is 1. The molecule has 0 aliphatic heterocycles. The fourth-order valence-electron chi connectivity index (χ4n) is 2.64. The third kappa shape index (κ3) is 4.78. The van der Waals surface area contributed by atoms with Crippen molar-refractivity contribution in [3.8, 4) is 11.4 Å². The molecule has 3 aromatic heterocycles. The summed E-state index contributed by atoms with van der Waals surface area (Å²) in [4.78, 5) is 25.6. The van der Waals surface area contributed by atoms with Crippen molar-refractivity contribution in [2.75, 3.05) is 11.9 Å². The van der Waals surface area contributed by atoms with Crippen LogP contribution in [-0.2, 0) is 0 Å². The average molecular weight is 400 g/mol. The lowest BCUT2D eigenvalue weighted by atomic mass is 10.2. The van der Waals surface area contributed by atoms with Gasteiger partial charge < -0.3 is 0 Å². The van der Waals surface area contributed by atoms with Crippen molar-refractivity contribution in [3.05, 3.63) is 30.6 Å². The summed E-state index contributed by atoms with van der Waals surface area (Å²) in [6.45, 7) is 6.82. The molecule has 8 nitrogen and oxygen atoms in total. The van der Waals surface area contributed by atoms with E-state index < -0.39 is 0 Å². The molecule has 0 saturated heterocycles. The van der Waals surface area contributed by atoms with Crippen LogP contribution in [-0.4, -0.2) is 41.6 Å². The molecule has 0 aliphatic rings. The number of aromatic nitrogens is 5. The lowest BCUT2D eigenvalue weighted by Gasteiger charge is -2.15. The zero-order valence-corrected chi connectivity index (χ0v) is 17.2. The third-order valence-corrected chi connectivity index (χ3v) is 4.63. The zero-order chi connectivity index (χ0) is 20.1. The van der Waals surface area contributed by atoms with Crippen molar-refractivity contribution in [1.82, 2.24) is 29.0 Å². The molecule has 3 heterocycles. The first-order valence-corrected chi connectivity index (χ1v) is 9.84. The van der Waals surface area contributed by atoms with Crippen LogP contribution >= 0.6 is 12.8 Å². The fraction of sp³-hybridized carbons (Fsp3) is 0.421. The molecule has 0 aromatic carbocycles. The largest absolute Gasteiger partial charge is 0.332 e. The van der Waals surface area contributed by atoms with Gasteiger partial charge in [0.05, 0.1) is 6.20 Å². The highest BCUT2D eigenvalue weighted by Crippen LogP contribution is 2.19. The van der Waals surface area contributed by atoms with Gasteiger partial charge in [-0.15, -0.1) is 0 Å². The molecule has 148 valence electrons. The van der Waals surface area contributed by atoms with E-state index in [1.807, 2.05) is 16.9 Å². The number of thiol groups is 1. The molecule has 0 spiro atoms. The molecule has 28 heavy (non-hydrogen) atoms. The van der Waals surface area contributed by atoms with Crippen LogP contribution in [0.4, 0.5) is 10.6 Å². The Morgan fingerprint density at radius 3 is 2.75 bits per heavy atom. The van der Waals surface area contributed by atoms with E-state index in [4.69, 9.17) is 0 Å². The van der Waals surface area contributed by atoms with Gasteiger partial charge in [0.1, 0.15) is 22.7 Å². The minimum Gasteiger partial charge on any atom is -0.291 e. The number of rotatable bonds is 7. The van der Waals surface area contributed by atoms with Crippen LogP contribution in [0.3, 0.4) is 0 Å². The molecular weight excluding hydrogens is 374 g/mol. The molecule has 0 unspecified atom stereocenters. The Hall–Kier alpha value is -2.68. The van der Waals surface area contributed by atoms with Gasteiger partial charge in [0.15, 0.2) is 5.65 Å². The summed E-state index contributed by atoms with van der Waals surface area (Å²) >= 11 is 4.24. The predicted molar refractivity (Wildman–Crippen MR) is 113 cm³/mol. The average Bonchev–Trinajstić information content (AvgIpc) is 3.18. The number of nitrogens with zero attached hydrogens (tertiary/aromatic N) is 6. The summed E-state index contributed by atoms with van der Waals surface area (Å²) in [5, 5.41) is 7.27. The van der Waals surface area contributed by atoms with Gasteiger partial charge in [-0.1, -0.05) is 32.6 Å². The number of hydrogen-bond acceptors (Lipinski definition) is 6. The Morgan fingerprint density at radius 1 is 1.21 bits per heavy atom. The van der Waals surface area contributed by atoms with E-state index in [2.05, 4.69) is 59.0 Å². The first kappa shape index (κ1) is 20.1. The number of amides is 2. The zero-order valence-electron chi connectivity index (χ0n) is 16.3. The number of anilines is 1. The van der Waals surface area contributed by atoms with Crippen LogP contribution < -0.4 is 5.32 Å². The van der Waals surface area contributed by atoms with Crippen LogP contribution in [0.15, 0.2) is 30.6 Å². The molecule has 0 fully saturated rings. The maximum atomic E-state index is 12.2. The Labute approximate surface area is 169 Å². The normalized spacial score (nSPS) is 11.2. The van der Waals surface area contributed by atoms with E-state index in [0.29, 0.717) is 29.2 Å². The topological polar surface area (TPSA) is 88.8 Å². The van der Waals surface area contributed by atoms with E-state index in [9.17, 15) is 4.79 Å². The number of fused-ring (bicyclic) bond motifs is 1. The number of carbonyl (C=O) groups excluding carboxylic acids is 1. The minimum atomic E-state index is -0.314. The minimum absolute atomic E-state index is 0.267. The van der Waals surface area contributed by atoms with Gasteiger partial charge in [-0.25, -0.2) is 14.8 Å². The highest BCUT2D eigenvalue weighted by atomic mass is 32.1. The molecule has 0 atom stereocenters. The van der Waals surface area contributed by atoms with Crippen LogP contribution in [0, 0.1) is 0 Å². The summed E-state index contributed by atoms with van der Waals surface area (Å²) < 4.78 is 3.23. The van der Waals surface area contributed by atoms with Crippen LogP contribution in [0.1, 0.15) is 46.1 Å². The monoisotopic (exact) mass is 399 g/mol. The second kappa shape index (κ2) is 9.01. The number of carbonyl (C=O) groups is 1. The molecule has 3 rings (SSSR count). The van der Waals surface area contributed by atoms with Crippen molar-refractivity contribution >= 4 is 35.8 Å². The van der Waals surface area contributed by atoms with Gasteiger partial charge in [0.25, 0.3) is 0 Å². The standard InChI is InChI=1S/C19H25N7OS/c1-4-5-6-10-26(28)19(27)23-17-8-7-15-18(22-17)21-16(12-20-15)14-9-11-25(24-14)13(2)3/h7-9,11-13,28H,4-6,10H2,1-3H3,(H,21,22,23,27). The Kier molecular flexibility index (Phi) is 6.45. The van der Waals surface area contributed by atoms with E-state index in [0.717, 1.165) is 25.0 Å². The van der Waals surface area contributed by atoms with Crippen LogP contribution in [0.25, 0.3) is 22.6 Å². The second-order valence-electron chi connectivity index (χ2n) is 6.83. The highest BCUT2D eigenvalue weighted by molar-refractivity contribution is 7.78. The summed E-state index contributed by atoms with van der Waals surface area (Å²) in [6, 6.07) is 5.34. The molecule has 3 aromatic rings. The Morgan fingerprint density at radius 2 is 2.04 bits per heavy atom. The van der Waals surface area contributed by atoms with Gasteiger partial charge in [-0.05, 0) is 38.5 Å². The molecule has 1 N–H and O–H groups in total. The lowest BCUT2D eigenvalue weighted by molar-refractivity contribution is 0.238. The number of pyridine rings is 1. The fourth-order valence-corrected chi connectivity index (χ4v) is 2.83. The maximum Gasteiger partial charge on any atom is 0.332 e. The van der Waals surface area contributed by atoms with Gasteiger partial charge in [0, 0.05) is 18.8 Å². The Balaban J connectivity index is 1.77. The van der Waals surface area contributed by atoms with E-state index in [-0.39, 0.29) is 12.1 Å². The first-order valence-electron chi connectivity index (χ1n) is 9.44. The number of hydrogen-bond donors (Lipinski definition) is 2. The molecule has 9 heteroatoms. The van der Waals surface area contributed by atoms with Crippen LogP contribution in [0.5, 0.6) is 0 Å². The van der Waals surface area contributed by atoms with E-state index >= 15 is 0 Å². The first-order chi connectivity index (χ1) is 13.5. The number of nitrogens with one attached hydrogen (secondary N) is 1.